The van der Waals surface area contributed by atoms with Crippen LogP contribution in [0.5, 0.6) is 0 Å². The van der Waals surface area contributed by atoms with Gasteiger partial charge in [0.15, 0.2) is 0 Å². The molecule has 1 unspecified atom stereocenters. The molecule has 1 amide bonds. The van der Waals surface area contributed by atoms with E-state index in [0.717, 1.165) is 16.1 Å². The van der Waals surface area contributed by atoms with Crippen LogP contribution in [0.4, 0.5) is 0 Å². The number of carbonyl (C=O) groups excluding carboxylic acids is 2. The lowest BCUT2D eigenvalue weighted by Crippen LogP contribution is -2.31. The highest BCUT2D eigenvalue weighted by atomic mass is 35.5. The SMILES string of the molecule is COC(=O)CC(NC(=O)Cc1csc(-c2cccc(C)c2)n1)c1ccccc1Cl. The maximum Gasteiger partial charge on any atom is 0.307 e. The Morgan fingerprint density at radius 2 is 2.00 bits per heavy atom. The van der Waals surface area contributed by atoms with E-state index in [4.69, 9.17) is 16.3 Å². The lowest BCUT2D eigenvalue weighted by molar-refractivity contribution is -0.141. The van der Waals surface area contributed by atoms with Crippen molar-refractivity contribution in [3.8, 4) is 10.6 Å². The van der Waals surface area contributed by atoms with Crippen LogP contribution in [0, 0.1) is 6.92 Å². The number of methoxy groups -OCH3 is 1. The summed E-state index contributed by atoms with van der Waals surface area (Å²) in [4.78, 5) is 29.0. The van der Waals surface area contributed by atoms with Gasteiger partial charge >= 0.3 is 5.97 Å². The molecule has 1 heterocycles. The number of aromatic nitrogens is 1. The highest BCUT2D eigenvalue weighted by Crippen LogP contribution is 2.27. The minimum Gasteiger partial charge on any atom is -0.469 e. The molecule has 3 rings (SSSR count). The van der Waals surface area contributed by atoms with E-state index in [2.05, 4.69) is 16.4 Å². The normalized spacial score (nSPS) is 11.7. The van der Waals surface area contributed by atoms with E-state index in [1.165, 1.54) is 18.4 Å². The molecule has 0 aliphatic rings. The number of hydrogen-bond acceptors (Lipinski definition) is 5. The molecular formula is C22H21ClN2O3S. The third-order valence-corrected chi connectivity index (χ3v) is 5.66. The number of aryl methyl sites for hydroxylation is 1. The van der Waals surface area contributed by atoms with Gasteiger partial charge in [-0.25, -0.2) is 4.98 Å². The fourth-order valence-corrected chi connectivity index (χ4v) is 4.04. The maximum atomic E-state index is 12.6. The summed E-state index contributed by atoms with van der Waals surface area (Å²) >= 11 is 7.76. The van der Waals surface area contributed by atoms with Gasteiger partial charge in [-0.2, -0.15) is 0 Å². The highest BCUT2D eigenvalue weighted by Gasteiger charge is 2.21. The third-order valence-electron chi connectivity index (χ3n) is 4.37. The predicted octanol–water partition coefficient (Wildman–Crippen LogP) is 4.74. The first-order chi connectivity index (χ1) is 14.0. The summed E-state index contributed by atoms with van der Waals surface area (Å²) in [6.07, 6.45) is 0.113. The van der Waals surface area contributed by atoms with Crippen LogP contribution in [0.1, 0.15) is 29.3 Å². The lowest BCUT2D eigenvalue weighted by Gasteiger charge is -2.19. The topological polar surface area (TPSA) is 68.3 Å². The molecule has 0 saturated heterocycles. The predicted molar refractivity (Wildman–Crippen MR) is 115 cm³/mol. The van der Waals surface area contributed by atoms with E-state index in [9.17, 15) is 9.59 Å². The number of esters is 1. The van der Waals surface area contributed by atoms with Crippen molar-refractivity contribution in [3.05, 3.63) is 75.8 Å². The second kappa shape index (κ2) is 9.67. The third kappa shape index (κ3) is 5.65. The Labute approximate surface area is 178 Å². The molecule has 29 heavy (non-hydrogen) atoms. The van der Waals surface area contributed by atoms with Crippen LogP contribution in [0.3, 0.4) is 0 Å². The standard InChI is InChI=1S/C22H21ClN2O3S/c1-14-6-5-7-15(10-14)22-24-16(13-29-22)11-20(26)25-19(12-21(27)28-2)17-8-3-4-9-18(17)23/h3-10,13,19H,11-12H2,1-2H3,(H,25,26). The minimum atomic E-state index is -0.571. The van der Waals surface area contributed by atoms with Crippen LogP contribution >= 0.6 is 22.9 Å². The minimum absolute atomic E-state index is 0.00240. The zero-order valence-electron chi connectivity index (χ0n) is 16.1. The van der Waals surface area contributed by atoms with E-state index < -0.39 is 12.0 Å². The van der Waals surface area contributed by atoms with Crippen LogP contribution in [0.25, 0.3) is 10.6 Å². The van der Waals surface area contributed by atoms with Crippen LogP contribution in [-0.4, -0.2) is 24.0 Å². The fraction of sp³-hybridized carbons (Fsp3) is 0.227. The Morgan fingerprint density at radius 3 is 2.72 bits per heavy atom. The Morgan fingerprint density at radius 1 is 1.21 bits per heavy atom. The van der Waals surface area contributed by atoms with Crippen LogP contribution in [-0.2, 0) is 20.7 Å². The van der Waals surface area contributed by atoms with Gasteiger partial charge in [-0.05, 0) is 24.6 Å². The van der Waals surface area contributed by atoms with Crippen molar-refractivity contribution in [2.24, 2.45) is 0 Å². The molecule has 5 nitrogen and oxygen atoms in total. The van der Waals surface area contributed by atoms with Crippen LogP contribution < -0.4 is 5.32 Å². The Hall–Kier alpha value is -2.70. The number of rotatable bonds is 7. The molecule has 0 radical (unpaired) electrons. The van der Waals surface area contributed by atoms with Crippen molar-refractivity contribution < 1.29 is 14.3 Å². The van der Waals surface area contributed by atoms with E-state index in [-0.39, 0.29) is 18.7 Å². The van der Waals surface area contributed by atoms with Gasteiger partial charge in [-0.1, -0.05) is 53.6 Å². The van der Waals surface area contributed by atoms with Gasteiger partial charge in [0.05, 0.1) is 31.7 Å². The van der Waals surface area contributed by atoms with Crippen molar-refractivity contribution >= 4 is 34.8 Å². The van der Waals surface area contributed by atoms with Crippen molar-refractivity contribution in [2.45, 2.75) is 25.8 Å². The quantitative estimate of drug-likeness (QED) is 0.552. The molecule has 1 N–H and O–H groups in total. The monoisotopic (exact) mass is 428 g/mol. The number of halogens is 1. The summed E-state index contributed by atoms with van der Waals surface area (Å²) in [7, 11) is 1.32. The molecular weight excluding hydrogens is 408 g/mol. The van der Waals surface area contributed by atoms with Crippen molar-refractivity contribution in [2.75, 3.05) is 7.11 Å². The summed E-state index contributed by atoms with van der Waals surface area (Å²) in [6, 6.07) is 14.6. The largest absolute Gasteiger partial charge is 0.469 e. The Bertz CT molecular complexity index is 1020. The summed E-state index contributed by atoms with van der Waals surface area (Å²) < 4.78 is 4.76. The molecule has 150 valence electrons. The summed E-state index contributed by atoms with van der Waals surface area (Å²) in [5.41, 5.74) is 3.54. The number of thiazole rings is 1. The highest BCUT2D eigenvalue weighted by molar-refractivity contribution is 7.13. The van der Waals surface area contributed by atoms with Gasteiger partial charge in [0, 0.05) is 16.0 Å². The zero-order chi connectivity index (χ0) is 20.8. The van der Waals surface area contributed by atoms with Crippen molar-refractivity contribution in [1.29, 1.82) is 0 Å². The molecule has 3 aromatic rings. The van der Waals surface area contributed by atoms with Gasteiger partial charge in [-0.15, -0.1) is 11.3 Å². The van der Waals surface area contributed by atoms with Crippen LogP contribution in [0.15, 0.2) is 53.9 Å². The second-order valence-electron chi connectivity index (χ2n) is 6.61. The zero-order valence-corrected chi connectivity index (χ0v) is 17.7. The first kappa shape index (κ1) is 21.0. The van der Waals surface area contributed by atoms with Gasteiger partial charge < -0.3 is 10.1 Å². The van der Waals surface area contributed by atoms with Gasteiger partial charge in [0.25, 0.3) is 0 Å². The number of benzene rings is 2. The average molecular weight is 429 g/mol. The summed E-state index contributed by atoms with van der Waals surface area (Å²) in [6.45, 7) is 2.03. The van der Waals surface area contributed by atoms with E-state index in [1.54, 1.807) is 18.2 Å². The summed E-state index contributed by atoms with van der Waals surface area (Å²) in [5, 5.41) is 6.12. The number of hydrogen-bond donors (Lipinski definition) is 1. The Balaban J connectivity index is 1.72. The molecule has 7 heteroatoms. The first-order valence-corrected chi connectivity index (χ1v) is 10.3. The molecule has 0 fully saturated rings. The number of amides is 1. The van der Waals surface area contributed by atoms with E-state index in [1.807, 2.05) is 36.6 Å². The maximum absolute atomic E-state index is 12.6. The molecule has 1 atom stereocenters. The molecule has 0 saturated carbocycles. The molecule has 1 aromatic heterocycles. The first-order valence-electron chi connectivity index (χ1n) is 9.08. The van der Waals surface area contributed by atoms with Gasteiger partial charge in [-0.3, -0.25) is 9.59 Å². The lowest BCUT2D eigenvalue weighted by atomic mass is 10.0. The average Bonchev–Trinajstić information content (AvgIpc) is 3.16. The molecule has 0 bridgehead atoms. The molecule has 0 spiro atoms. The van der Waals surface area contributed by atoms with Crippen molar-refractivity contribution in [3.63, 3.8) is 0 Å². The Kier molecular flexibility index (Phi) is 7.01. The number of nitrogens with one attached hydrogen (secondary N) is 1. The van der Waals surface area contributed by atoms with Gasteiger partial charge in [0.1, 0.15) is 5.01 Å². The van der Waals surface area contributed by atoms with Gasteiger partial charge in [0.2, 0.25) is 5.91 Å². The fourth-order valence-electron chi connectivity index (χ4n) is 2.96. The smallest absolute Gasteiger partial charge is 0.307 e. The van der Waals surface area contributed by atoms with Crippen LogP contribution in [0.2, 0.25) is 5.02 Å². The second-order valence-corrected chi connectivity index (χ2v) is 7.88. The number of nitrogens with zero attached hydrogens (tertiary/aromatic N) is 1. The van der Waals surface area contributed by atoms with E-state index >= 15 is 0 Å². The molecule has 0 aliphatic heterocycles. The summed E-state index contributed by atoms with van der Waals surface area (Å²) in [5.74, 6) is -0.662. The number of ether oxygens (including phenoxy) is 1. The van der Waals surface area contributed by atoms with E-state index in [0.29, 0.717) is 16.3 Å². The molecule has 0 aliphatic carbocycles. The van der Waals surface area contributed by atoms with Crippen molar-refractivity contribution in [1.82, 2.24) is 10.3 Å². The molecule has 2 aromatic carbocycles. The number of carbonyl (C=O) groups is 2.